The molecule has 0 amide bonds. The van der Waals surface area contributed by atoms with Crippen LogP contribution < -0.4 is 0 Å². The smallest absolute Gasteiger partial charge is 0.317 e. The number of hydrogen-bond donors (Lipinski definition) is 1. The van der Waals surface area contributed by atoms with Crippen molar-refractivity contribution in [2.24, 2.45) is 5.92 Å². The summed E-state index contributed by atoms with van der Waals surface area (Å²) in [6, 6.07) is 3.45. The second-order valence-corrected chi connectivity index (χ2v) is 5.23. The standard InChI is InChI=1S/C13H17NO5S/c1-4-19-13(16)12(9(3)15)11(8(2)14(17)18)10-6-5-7-20-10/h5-7,11-12H,4H2,1-3H3,(H,17,18). The third-order valence-electron chi connectivity index (χ3n) is 2.91. The molecule has 2 atom stereocenters. The number of nitrogens with zero attached hydrogens (tertiary/aromatic N) is 1. The number of esters is 1. The lowest BCUT2D eigenvalue weighted by molar-refractivity contribution is -0.727. The van der Waals surface area contributed by atoms with Crippen molar-refractivity contribution in [1.29, 1.82) is 0 Å². The zero-order valence-corrected chi connectivity index (χ0v) is 12.3. The summed E-state index contributed by atoms with van der Waals surface area (Å²) in [5, 5.41) is 22.0. The average molecular weight is 299 g/mol. The van der Waals surface area contributed by atoms with Gasteiger partial charge in [-0.3, -0.25) is 14.8 Å². The van der Waals surface area contributed by atoms with E-state index in [1.807, 2.05) is 0 Å². The number of ketones is 1. The predicted octanol–water partition coefficient (Wildman–Crippen LogP) is 1.96. The van der Waals surface area contributed by atoms with Gasteiger partial charge in [-0.1, -0.05) is 6.07 Å². The largest absolute Gasteiger partial charge is 0.465 e. The molecule has 7 heteroatoms. The SMILES string of the molecule is CCOC(=O)C(C(C)=O)C(/C(C)=[N+](/[O-])O)c1cccs1. The molecule has 1 rings (SSSR count). The molecule has 1 aromatic heterocycles. The molecule has 2 unspecified atom stereocenters. The lowest BCUT2D eigenvalue weighted by atomic mass is 9.84. The Bertz CT molecular complexity index is 505. The fourth-order valence-electron chi connectivity index (χ4n) is 1.97. The molecule has 0 fully saturated rings. The summed E-state index contributed by atoms with van der Waals surface area (Å²) < 4.78 is 4.90. The summed E-state index contributed by atoms with van der Waals surface area (Å²) in [4.78, 5) is 24.1. The quantitative estimate of drug-likeness (QED) is 0.216. The van der Waals surface area contributed by atoms with E-state index >= 15 is 0 Å². The third kappa shape index (κ3) is 3.57. The molecule has 0 aliphatic heterocycles. The van der Waals surface area contributed by atoms with Gasteiger partial charge in [-0.25, -0.2) is 0 Å². The summed E-state index contributed by atoms with van der Waals surface area (Å²) in [6.45, 7) is 4.42. The Labute approximate surface area is 120 Å². The lowest BCUT2D eigenvalue weighted by Gasteiger charge is -2.20. The fraction of sp³-hybridized carbons (Fsp3) is 0.462. The van der Waals surface area contributed by atoms with Crippen molar-refractivity contribution < 1.29 is 24.4 Å². The molecule has 20 heavy (non-hydrogen) atoms. The van der Waals surface area contributed by atoms with E-state index in [1.54, 1.807) is 24.4 Å². The predicted molar refractivity (Wildman–Crippen MR) is 74.0 cm³/mol. The zero-order valence-electron chi connectivity index (χ0n) is 11.5. The van der Waals surface area contributed by atoms with Gasteiger partial charge in [0.15, 0.2) is 0 Å². The molecule has 0 aliphatic rings. The average Bonchev–Trinajstić information content (AvgIpc) is 2.87. The van der Waals surface area contributed by atoms with Crippen molar-refractivity contribution in [1.82, 2.24) is 0 Å². The lowest BCUT2D eigenvalue weighted by Crippen LogP contribution is -2.35. The van der Waals surface area contributed by atoms with E-state index < -0.39 is 23.6 Å². The van der Waals surface area contributed by atoms with Crippen LogP contribution in [0, 0.1) is 11.1 Å². The number of carbonyl (C=O) groups is 2. The summed E-state index contributed by atoms with van der Waals surface area (Å²) in [5.74, 6) is -3.08. The van der Waals surface area contributed by atoms with Crippen LogP contribution in [0.1, 0.15) is 31.6 Å². The second kappa shape index (κ2) is 7.04. The van der Waals surface area contributed by atoms with E-state index in [4.69, 9.17) is 9.94 Å². The number of carbonyl (C=O) groups excluding carboxylic acids is 2. The molecule has 0 aromatic carbocycles. The molecule has 0 saturated carbocycles. The molecule has 0 spiro atoms. The van der Waals surface area contributed by atoms with E-state index in [-0.39, 0.29) is 17.2 Å². The van der Waals surface area contributed by atoms with Crippen LogP contribution in [-0.2, 0) is 14.3 Å². The van der Waals surface area contributed by atoms with E-state index in [9.17, 15) is 14.8 Å². The Morgan fingerprint density at radius 3 is 2.55 bits per heavy atom. The minimum absolute atomic E-state index is 0.0271. The highest BCUT2D eigenvalue weighted by atomic mass is 32.1. The summed E-state index contributed by atoms with van der Waals surface area (Å²) in [6.07, 6.45) is 0. The number of rotatable bonds is 6. The van der Waals surface area contributed by atoms with Gasteiger partial charge in [-0.15, -0.1) is 11.3 Å². The molecule has 6 nitrogen and oxygen atoms in total. The molecule has 1 aromatic rings. The van der Waals surface area contributed by atoms with E-state index in [0.29, 0.717) is 4.88 Å². The molecule has 0 saturated heterocycles. The van der Waals surface area contributed by atoms with Crippen LogP contribution in [0.5, 0.6) is 0 Å². The van der Waals surface area contributed by atoms with Gasteiger partial charge in [-0.2, -0.15) is 0 Å². The van der Waals surface area contributed by atoms with Crippen LogP contribution in [0.4, 0.5) is 0 Å². The number of Topliss-reactive ketones (excluding diaryl/α,β-unsaturated/α-hetero) is 1. The summed E-state index contributed by atoms with van der Waals surface area (Å²) in [5.41, 5.74) is -0.0271. The van der Waals surface area contributed by atoms with Crippen molar-refractivity contribution in [3.05, 3.63) is 27.6 Å². The first-order chi connectivity index (χ1) is 9.40. The van der Waals surface area contributed by atoms with Crippen LogP contribution in [0.3, 0.4) is 0 Å². The molecule has 110 valence electrons. The molecule has 1 heterocycles. The van der Waals surface area contributed by atoms with Crippen molar-refractivity contribution >= 4 is 28.8 Å². The van der Waals surface area contributed by atoms with Gasteiger partial charge in [0.25, 0.3) is 0 Å². The van der Waals surface area contributed by atoms with Gasteiger partial charge in [-0.05, 0) is 25.3 Å². The Morgan fingerprint density at radius 1 is 1.50 bits per heavy atom. The monoisotopic (exact) mass is 299 g/mol. The van der Waals surface area contributed by atoms with Crippen LogP contribution in [-0.4, -0.2) is 34.2 Å². The molecule has 0 bridgehead atoms. The van der Waals surface area contributed by atoms with Crippen LogP contribution in [0.25, 0.3) is 0 Å². The number of ether oxygens (including phenoxy) is 1. The maximum absolute atomic E-state index is 12.0. The summed E-state index contributed by atoms with van der Waals surface area (Å²) >= 11 is 1.30. The highest BCUT2D eigenvalue weighted by Gasteiger charge is 2.41. The van der Waals surface area contributed by atoms with Crippen molar-refractivity contribution in [2.45, 2.75) is 26.7 Å². The van der Waals surface area contributed by atoms with Crippen LogP contribution >= 0.6 is 11.3 Å². The van der Waals surface area contributed by atoms with Gasteiger partial charge < -0.3 is 9.94 Å². The van der Waals surface area contributed by atoms with Crippen molar-refractivity contribution in [2.75, 3.05) is 6.61 Å². The third-order valence-corrected chi connectivity index (χ3v) is 3.87. The van der Waals surface area contributed by atoms with Crippen molar-refractivity contribution in [3.63, 3.8) is 0 Å². The Balaban J connectivity index is 3.30. The normalized spacial score (nSPS) is 15.2. The molecule has 0 aliphatic carbocycles. The second-order valence-electron chi connectivity index (χ2n) is 4.25. The summed E-state index contributed by atoms with van der Waals surface area (Å²) in [7, 11) is 0. The van der Waals surface area contributed by atoms with Crippen LogP contribution in [0.2, 0.25) is 0 Å². The van der Waals surface area contributed by atoms with Gasteiger partial charge in [0, 0.05) is 16.7 Å². The number of hydrogen-bond acceptors (Lipinski definition) is 6. The fourth-order valence-corrected chi connectivity index (χ4v) is 2.89. The number of thiophene rings is 1. The van der Waals surface area contributed by atoms with E-state index in [0.717, 1.165) is 0 Å². The highest BCUT2D eigenvalue weighted by molar-refractivity contribution is 7.10. The molecular formula is C13H17NO5S. The molecule has 0 radical (unpaired) electrons. The Hall–Kier alpha value is -1.89. The van der Waals surface area contributed by atoms with Crippen molar-refractivity contribution in [3.8, 4) is 0 Å². The molecular weight excluding hydrogens is 282 g/mol. The first-order valence-corrected chi connectivity index (χ1v) is 6.98. The van der Waals surface area contributed by atoms with Crippen LogP contribution in [0.15, 0.2) is 17.5 Å². The van der Waals surface area contributed by atoms with Gasteiger partial charge in [0.2, 0.25) is 5.71 Å². The van der Waals surface area contributed by atoms with E-state index in [2.05, 4.69) is 0 Å². The zero-order chi connectivity index (χ0) is 15.3. The molecule has 1 N–H and O–H groups in total. The minimum Gasteiger partial charge on any atom is -0.465 e. The highest BCUT2D eigenvalue weighted by Crippen LogP contribution is 2.31. The minimum atomic E-state index is -1.14. The topological polar surface area (TPSA) is 89.7 Å². The first-order valence-electron chi connectivity index (χ1n) is 6.10. The van der Waals surface area contributed by atoms with Gasteiger partial charge in [0.05, 0.1) is 12.5 Å². The van der Waals surface area contributed by atoms with E-state index in [1.165, 1.54) is 25.2 Å². The Kier molecular flexibility index (Phi) is 5.69. The first kappa shape index (κ1) is 16.2. The Morgan fingerprint density at radius 2 is 2.15 bits per heavy atom. The maximum atomic E-state index is 12.0. The maximum Gasteiger partial charge on any atom is 0.317 e. The van der Waals surface area contributed by atoms with Gasteiger partial charge >= 0.3 is 5.97 Å². The van der Waals surface area contributed by atoms with Gasteiger partial charge in [0.1, 0.15) is 11.7 Å².